The van der Waals surface area contributed by atoms with E-state index in [2.05, 4.69) is 27.2 Å². The van der Waals surface area contributed by atoms with Crippen LogP contribution in [0.15, 0.2) is 24.3 Å². The Morgan fingerprint density at radius 1 is 1.07 bits per heavy atom. The quantitative estimate of drug-likeness (QED) is 0.663. The minimum Gasteiger partial charge on any atom is -0.381 e. The number of nitrogens with one attached hydrogen (secondary N) is 1. The lowest BCUT2D eigenvalue weighted by molar-refractivity contribution is -0.114. The number of carbonyl (C=O) groups is 1. The van der Waals surface area contributed by atoms with Crippen LogP contribution in [-0.4, -0.2) is 61.6 Å². The van der Waals surface area contributed by atoms with Crippen molar-refractivity contribution in [3.63, 3.8) is 0 Å². The number of hydrogen-bond donors (Lipinski definition) is 1. The van der Waals surface area contributed by atoms with Gasteiger partial charge in [-0.3, -0.25) is 9.69 Å². The van der Waals surface area contributed by atoms with Crippen LogP contribution in [0.25, 0.3) is 0 Å². The van der Waals surface area contributed by atoms with E-state index in [1.807, 2.05) is 12.1 Å². The first-order valence-corrected chi connectivity index (χ1v) is 11.1. The summed E-state index contributed by atoms with van der Waals surface area (Å²) < 4.78 is 6.00. The van der Waals surface area contributed by atoms with Crippen LogP contribution >= 0.6 is 0 Å². The molecule has 4 rings (SSSR count). The molecule has 3 atom stereocenters. The van der Waals surface area contributed by atoms with Crippen molar-refractivity contribution in [2.75, 3.05) is 51.3 Å². The topological polar surface area (TPSA) is 44.8 Å². The molecule has 5 heteroatoms. The molecule has 5 nitrogen and oxygen atoms in total. The maximum absolute atomic E-state index is 11.1. The lowest BCUT2D eigenvalue weighted by Gasteiger charge is -2.26. The number of hydrogen-bond acceptors (Lipinski definition) is 4. The summed E-state index contributed by atoms with van der Waals surface area (Å²) in [6, 6.07) is 8.23. The molecule has 3 fully saturated rings. The molecule has 2 saturated heterocycles. The Labute approximate surface area is 169 Å². The molecule has 2 heterocycles. The molecule has 1 aromatic carbocycles. The van der Waals surface area contributed by atoms with Crippen LogP contribution in [0, 0.1) is 17.8 Å². The van der Waals surface area contributed by atoms with Crippen molar-refractivity contribution in [1.29, 1.82) is 0 Å². The molecule has 0 aromatic heterocycles. The molecule has 1 saturated carbocycles. The zero-order valence-electron chi connectivity index (χ0n) is 17.2. The average Bonchev–Trinajstić information content (AvgIpc) is 3.14. The monoisotopic (exact) mass is 385 g/mol. The van der Waals surface area contributed by atoms with Crippen LogP contribution in [0.3, 0.4) is 0 Å². The summed E-state index contributed by atoms with van der Waals surface area (Å²) in [7, 11) is 0. The Kier molecular flexibility index (Phi) is 6.65. The summed E-state index contributed by atoms with van der Waals surface area (Å²) in [5, 5.41) is 2.82. The van der Waals surface area contributed by atoms with Crippen LogP contribution in [0.5, 0.6) is 0 Å². The second-order valence-electron chi connectivity index (χ2n) is 8.89. The number of rotatable bonds is 9. The van der Waals surface area contributed by atoms with Gasteiger partial charge in [-0.15, -0.1) is 0 Å². The summed E-state index contributed by atoms with van der Waals surface area (Å²) in [6.07, 6.45) is 5.35. The third kappa shape index (κ3) is 5.34. The van der Waals surface area contributed by atoms with Gasteiger partial charge < -0.3 is 15.0 Å². The van der Waals surface area contributed by atoms with Gasteiger partial charge in [0.15, 0.2) is 0 Å². The van der Waals surface area contributed by atoms with Crippen LogP contribution in [0.4, 0.5) is 5.69 Å². The Morgan fingerprint density at radius 2 is 1.79 bits per heavy atom. The van der Waals surface area contributed by atoms with Gasteiger partial charge >= 0.3 is 0 Å². The van der Waals surface area contributed by atoms with E-state index in [9.17, 15) is 4.79 Å². The highest BCUT2D eigenvalue weighted by Gasteiger charge is 2.55. The summed E-state index contributed by atoms with van der Waals surface area (Å²) in [5.74, 6) is 2.47. The predicted octanol–water partition coefficient (Wildman–Crippen LogP) is 3.22. The Hall–Kier alpha value is -1.43. The normalized spacial score (nSPS) is 27.5. The zero-order valence-corrected chi connectivity index (χ0v) is 17.2. The maximum Gasteiger partial charge on any atom is 0.221 e. The fourth-order valence-electron chi connectivity index (χ4n) is 5.06. The van der Waals surface area contributed by atoms with E-state index < -0.39 is 0 Å². The number of nitrogens with zero attached hydrogens (tertiary/aromatic N) is 2. The molecule has 0 spiro atoms. The SMILES string of the molecule is CC(=O)Nc1ccc(CN2C[C@@H]3[C@H](COCCCN4CCCCC4)[C@@H]3C2)cc1. The maximum atomic E-state index is 11.1. The number of piperidine rings is 2. The number of likely N-dealkylation sites (tertiary alicyclic amines) is 2. The third-order valence-corrected chi connectivity index (χ3v) is 6.65. The van der Waals surface area contributed by atoms with Gasteiger partial charge in [0.05, 0.1) is 6.61 Å². The van der Waals surface area contributed by atoms with Gasteiger partial charge in [-0.2, -0.15) is 0 Å². The first-order valence-electron chi connectivity index (χ1n) is 11.1. The number of anilines is 1. The molecule has 1 aromatic rings. The lowest BCUT2D eigenvalue weighted by atomic mass is 10.1. The van der Waals surface area contributed by atoms with Gasteiger partial charge in [0, 0.05) is 45.4 Å². The van der Waals surface area contributed by atoms with Gasteiger partial charge in [-0.1, -0.05) is 18.6 Å². The van der Waals surface area contributed by atoms with Gasteiger partial charge in [0.25, 0.3) is 0 Å². The number of fused-ring (bicyclic) bond motifs is 1. The average molecular weight is 386 g/mol. The zero-order chi connectivity index (χ0) is 19.3. The van der Waals surface area contributed by atoms with Gasteiger partial charge in [0.2, 0.25) is 5.91 Å². The molecular weight excluding hydrogens is 350 g/mol. The van der Waals surface area contributed by atoms with E-state index in [4.69, 9.17) is 4.74 Å². The second-order valence-corrected chi connectivity index (χ2v) is 8.89. The molecule has 0 unspecified atom stereocenters. The highest BCUT2D eigenvalue weighted by atomic mass is 16.5. The summed E-state index contributed by atoms with van der Waals surface area (Å²) in [4.78, 5) is 16.3. The summed E-state index contributed by atoms with van der Waals surface area (Å²) in [6.45, 7) is 10.7. The molecule has 1 aliphatic carbocycles. The van der Waals surface area contributed by atoms with E-state index in [0.717, 1.165) is 43.2 Å². The molecular formula is C23H35N3O2. The number of amides is 1. The summed E-state index contributed by atoms with van der Waals surface area (Å²) >= 11 is 0. The van der Waals surface area contributed by atoms with Gasteiger partial charge in [0.1, 0.15) is 0 Å². The van der Waals surface area contributed by atoms with Crippen LogP contribution in [0.1, 0.15) is 38.2 Å². The van der Waals surface area contributed by atoms with E-state index in [1.54, 1.807) is 6.92 Å². The molecule has 0 radical (unpaired) electrons. The van der Waals surface area contributed by atoms with E-state index in [1.165, 1.54) is 64.0 Å². The predicted molar refractivity (Wildman–Crippen MR) is 112 cm³/mol. The smallest absolute Gasteiger partial charge is 0.221 e. The number of carbonyl (C=O) groups excluding carboxylic acids is 1. The van der Waals surface area contributed by atoms with Crippen LogP contribution in [-0.2, 0) is 16.1 Å². The van der Waals surface area contributed by atoms with Crippen molar-refractivity contribution in [2.45, 2.75) is 39.2 Å². The minimum absolute atomic E-state index is 0.0212. The Bertz CT molecular complexity index is 630. The highest BCUT2D eigenvalue weighted by molar-refractivity contribution is 5.88. The minimum atomic E-state index is -0.0212. The van der Waals surface area contributed by atoms with Gasteiger partial charge in [-0.25, -0.2) is 0 Å². The molecule has 2 aliphatic heterocycles. The van der Waals surface area contributed by atoms with Crippen molar-refractivity contribution in [3.8, 4) is 0 Å². The van der Waals surface area contributed by atoms with Crippen molar-refractivity contribution in [1.82, 2.24) is 9.80 Å². The van der Waals surface area contributed by atoms with E-state index in [-0.39, 0.29) is 5.91 Å². The number of ether oxygens (including phenoxy) is 1. The Balaban J connectivity index is 1.08. The first kappa shape index (κ1) is 19.9. The molecule has 28 heavy (non-hydrogen) atoms. The largest absolute Gasteiger partial charge is 0.381 e. The van der Waals surface area contributed by atoms with Gasteiger partial charge in [-0.05, 0) is 67.8 Å². The Morgan fingerprint density at radius 3 is 2.46 bits per heavy atom. The first-order chi connectivity index (χ1) is 13.7. The molecule has 0 bridgehead atoms. The lowest BCUT2D eigenvalue weighted by Crippen LogP contribution is -2.31. The number of benzene rings is 1. The van der Waals surface area contributed by atoms with Crippen molar-refractivity contribution in [3.05, 3.63) is 29.8 Å². The highest BCUT2D eigenvalue weighted by Crippen LogP contribution is 2.52. The van der Waals surface area contributed by atoms with E-state index >= 15 is 0 Å². The van der Waals surface area contributed by atoms with Crippen molar-refractivity contribution in [2.24, 2.45) is 17.8 Å². The van der Waals surface area contributed by atoms with Crippen molar-refractivity contribution < 1.29 is 9.53 Å². The fourth-order valence-corrected chi connectivity index (χ4v) is 5.06. The van der Waals surface area contributed by atoms with Crippen molar-refractivity contribution >= 4 is 11.6 Å². The third-order valence-electron chi connectivity index (χ3n) is 6.65. The van der Waals surface area contributed by atoms with Crippen LogP contribution < -0.4 is 5.32 Å². The molecule has 3 aliphatic rings. The van der Waals surface area contributed by atoms with Crippen LogP contribution in [0.2, 0.25) is 0 Å². The fraction of sp³-hybridized carbons (Fsp3) is 0.696. The standard InChI is InChI=1S/C23H35N3O2/c1-18(27)24-20-8-6-19(7-9-20)14-26-15-21-22(16-26)23(21)17-28-13-5-12-25-10-3-2-4-11-25/h6-9,21-23H,2-5,10-17H2,1H3,(H,24,27)/t21-,22+,23-. The molecule has 154 valence electrons. The second kappa shape index (κ2) is 9.38. The molecule has 1 N–H and O–H groups in total. The molecule has 1 amide bonds. The van der Waals surface area contributed by atoms with E-state index in [0.29, 0.717) is 0 Å². The summed E-state index contributed by atoms with van der Waals surface area (Å²) in [5.41, 5.74) is 2.19.